The molecule has 25 heavy (non-hydrogen) atoms. The van der Waals surface area contributed by atoms with Crippen molar-refractivity contribution >= 4 is 40.8 Å². The third-order valence-corrected chi connectivity index (χ3v) is 4.38. The van der Waals surface area contributed by atoms with Crippen molar-refractivity contribution in [2.45, 2.75) is 19.0 Å². The van der Waals surface area contributed by atoms with Crippen molar-refractivity contribution in [3.05, 3.63) is 53.2 Å². The van der Waals surface area contributed by atoms with E-state index in [4.69, 9.17) is 16.6 Å². The zero-order valence-electron chi connectivity index (χ0n) is 13.1. The van der Waals surface area contributed by atoms with Gasteiger partial charge >= 0.3 is 0 Å². The van der Waals surface area contributed by atoms with Crippen LogP contribution in [0.3, 0.4) is 0 Å². The van der Waals surface area contributed by atoms with Gasteiger partial charge in [-0.15, -0.1) is 0 Å². The number of amides is 2. The third kappa shape index (κ3) is 2.80. The molecule has 7 nitrogen and oxygen atoms in total. The van der Waals surface area contributed by atoms with Crippen LogP contribution in [0.15, 0.2) is 47.1 Å². The molecule has 0 bridgehead atoms. The summed E-state index contributed by atoms with van der Waals surface area (Å²) < 4.78 is 7.06. The Balaban J connectivity index is 1.60. The van der Waals surface area contributed by atoms with Gasteiger partial charge in [-0.25, -0.2) is 4.98 Å². The Kier molecular flexibility index (Phi) is 3.81. The molecule has 2 N–H and O–H groups in total. The molecule has 2 amide bonds. The summed E-state index contributed by atoms with van der Waals surface area (Å²) in [5.74, 6) is 0.704. The molecular formula is C17H14N4O3S. The molecule has 0 spiro atoms. The van der Waals surface area contributed by atoms with Gasteiger partial charge in [0.25, 0.3) is 0 Å². The van der Waals surface area contributed by atoms with Crippen LogP contribution >= 0.6 is 12.2 Å². The first kappa shape index (κ1) is 15.5. The van der Waals surface area contributed by atoms with E-state index in [0.29, 0.717) is 17.1 Å². The second-order valence-electron chi connectivity index (χ2n) is 5.70. The minimum Gasteiger partial charge on any atom is -0.467 e. The number of fused-ring (bicyclic) bond motifs is 3. The number of hydrogen-bond acceptors (Lipinski definition) is 5. The minimum absolute atomic E-state index is 0.0200. The Hall–Kier alpha value is -3.00. The van der Waals surface area contributed by atoms with E-state index in [0.717, 1.165) is 5.39 Å². The van der Waals surface area contributed by atoms with E-state index in [-0.39, 0.29) is 29.6 Å². The second-order valence-corrected chi connectivity index (χ2v) is 6.06. The van der Waals surface area contributed by atoms with Gasteiger partial charge in [-0.2, -0.15) is 0 Å². The first-order valence-corrected chi connectivity index (χ1v) is 8.15. The summed E-state index contributed by atoms with van der Waals surface area (Å²) in [4.78, 5) is 29.0. The molecular weight excluding hydrogens is 340 g/mol. The molecule has 1 atom stereocenters. The van der Waals surface area contributed by atoms with E-state index in [2.05, 4.69) is 15.6 Å². The molecule has 1 aliphatic heterocycles. The largest absolute Gasteiger partial charge is 0.467 e. The van der Waals surface area contributed by atoms with E-state index in [1.165, 1.54) is 6.26 Å². The predicted molar refractivity (Wildman–Crippen MR) is 93.4 cm³/mol. The number of carbonyl (C=O) groups is 2. The fourth-order valence-corrected chi connectivity index (χ4v) is 3.24. The van der Waals surface area contributed by atoms with Gasteiger partial charge < -0.3 is 15.1 Å². The highest BCUT2D eigenvalue weighted by atomic mass is 32.1. The van der Waals surface area contributed by atoms with Crippen molar-refractivity contribution in [1.82, 2.24) is 14.9 Å². The molecule has 126 valence electrons. The molecule has 0 saturated carbocycles. The lowest BCUT2D eigenvalue weighted by Gasteiger charge is -2.13. The van der Waals surface area contributed by atoms with Crippen LogP contribution in [0.2, 0.25) is 0 Å². The van der Waals surface area contributed by atoms with E-state index in [9.17, 15) is 9.59 Å². The van der Waals surface area contributed by atoms with Gasteiger partial charge in [-0.05, 0) is 36.5 Å². The van der Waals surface area contributed by atoms with Crippen molar-refractivity contribution in [3.8, 4) is 0 Å². The van der Waals surface area contributed by atoms with Gasteiger partial charge in [0.1, 0.15) is 17.6 Å². The minimum atomic E-state index is -0.712. The van der Waals surface area contributed by atoms with Crippen LogP contribution < -0.4 is 10.6 Å². The Bertz CT molecular complexity index is 1030. The molecule has 0 radical (unpaired) electrons. The molecule has 1 aliphatic rings. The maximum Gasteiger partial charge on any atom is 0.249 e. The quantitative estimate of drug-likeness (QED) is 0.703. The topological polar surface area (TPSA) is 89.2 Å². The smallest absolute Gasteiger partial charge is 0.249 e. The van der Waals surface area contributed by atoms with Gasteiger partial charge in [-0.1, -0.05) is 12.1 Å². The molecule has 4 rings (SSSR count). The molecule has 8 heteroatoms. The summed E-state index contributed by atoms with van der Waals surface area (Å²) in [5.41, 5.74) is 0.710. The number of aromatic nitrogens is 2. The zero-order chi connectivity index (χ0) is 17.4. The number of anilines is 1. The normalized spacial score (nSPS) is 15.8. The number of rotatable bonds is 4. The fraction of sp³-hybridized carbons (Fsp3) is 0.176. The standard InChI is InChI=1S/C17H14N4O3S/c22-14(18-9-10-4-3-7-24-10)8-13-16(23)20-15-11-5-1-2-6-12(11)19-17(25)21(13)15/h1-7,13H,8-9H2,(H,18,22)(H,20,23). The number of hydrogen-bond donors (Lipinski definition) is 2. The molecule has 2 aromatic heterocycles. The second kappa shape index (κ2) is 6.14. The van der Waals surface area contributed by atoms with Crippen LogP contribution in [0, 0.1) is 4.77 Å². The van der Waals surface area contributed by atoms with Crippen LogP contribution in [0.5, 0.6) is 0 Å². The maximum atomic E-state index is 12.4. The van der Waals surface area contributed by atoms with Crippen molar-refractivity contribution in [1.29, 1.82) is 0 Å². The number of nitrogens with zero attached hydrogens (tertiary/aromatic N) is 2. The summed E-state index contributed by atoms with van der Waals surface area (Å²) in [6, 6.07) is 10.2. The Labute approximate surface area is 147 Å². The highest BCUT2D eigenvalue weighted by Crippen LogP contribution is 2.32. The highest BCUT2D eigenvalue weighted by Gasteiger charge is 2.33. The fourth-order valence-electron chi connectivity index (χ4n) is 2.92. The number of para-hydroxylation sites is 1. The summed E-state index contributed by atoms with van der Waals surface area (Å²) in [6.45, 7) is 0.272. The lowest BCUT2D eigenvalue weighted by atomic mass is 10.2. The number of carbonyl (C=O) groups excluding carboxylic acids is 2. The van der Waals surface area contributed by atoms with Crippen LogP contribution in [-0.4, -0.2) is 21.4 Å². The average molecular weight is 354 g/mol. The summed E-state index contributed by atoms with van der Waals surface area (Å²) >= 11 is 5.33. The number of benzene rings is 1. The van der Waals surface area contributed by atoms with Crippen LogP contribution in [-0.2, 0) is 16.1 Å². The van der Waals surface area contributed by atoms with Crippen molar-refractivity contribution in [2.24, 2.45) is 0 Å². The summed E-state index contributed by atoms with van der Waals surface area (Å²) in [5, 5.41) is 6.36. The van der Waals surface area contributed by atoms with E-state index in [1.807, 2.05) is 24.3 Å². The van der Waals surface area contributed by atoms with E-state index < -0.39 is 6.04 Å². The van der Waals surface area contributed by atoms with Gasteiger partial charge in [0.2, 0.25) is 16.6 Å². The molecule has 3 heterocycles. The van der Waals surface area contributed by atoms with Gasteiger partial charge in [-0.3, -0.25) is 14.2 Å². The summed E-state index contributed by atoms with van der Waals surface area (Å²) in [6.07, 6.45) is 1.52. The number of furan rings is 1. The molecule has 0 saturated heterocycles. The van der Waals surface area contributed by atoms with Gasteiger partial charge in [0.05, 0.1) is 24.7 Å². The SMILES string of the molecule is O=C(CC1C(=O)Nc2c3ccccc3nc(=S)n21)NCc1ccco1. The monoisotopic (exact) mass is 354 g/mol. The molecule has 3 aromatic rings. The van der Waals surface area contributed by atoms with Crippen molar-refractivity contribution in [2.75, 3.05) is 5.32 Å². The molecule has 0 fully saturated rings. The first-order valence-electron chi connectivity index (χ1n) is 7.75. The van der Waals surface area contributed by atoms with Gasteiger partial charge in [0.15, 0.2) is 0 Å². The average Bonchev–Trinajstić information content (AvgIpc) is 3.22. The Morgan fingerprint density at radius 2 is 2.16 bits per heavy atom. The summed E-state index contributed by atoms with van der Waals surface area (Å²) in [7, 11) is 0. The highest BCUT2D eigenvalue weighted by molar-refractivity contribution is 7.71. The van der Waals surface area contributed by atoms with Gasteiger partial charge in [0, 0.05) is 5.39 Å². The molecule has 0 aliphatic carbocycles. The van der Waals surface area contributed by atoms with Crippen molar-refractivity contribution in [3.63, 3.8) is 0 Å². The predicted octanol–water partition coefficient (Wildman–Crippen LogP) is 2.56. The maximum absolute atomic E-state index is 12.4. The molecule has 1 aromatic carbocycles. The van der Waals surface area contributed by atoms with Crippen LogP contribution in [0.1, 0.15) is 18.2 Å². The lowest BCUT2D eigenvalue weighted by Crippen LogP contribution is -2.28. The molecule has 1 unspecified atom stereocenters. The third-order valence-electron chi connectivity index (χ3n) is 4.10. The first-order chi connectivity index (χ1) is 12.1. The van der Waals surface area contributed by atoms with Crippen molar-refractivity contribution < 1.29 is 14.0 Å². The Morgan fingerprint density at radius 1 is 1.32 bits per heavy atom. The number of nitrogens with one attached hydrogen (secondary N) is 2. The Morgan fingerprint density at radius 3 is 2.96 bits per heavy atom. The van der Waals surface area contributed by atoms with Crippen LogP contribution in [0.4, 0.5) is 5.82 Å². The van der Waals surface area contributed by atoms with E-state index >= 15 is 0 Å². The van der Waals surface area contributed by atoms with E-state index in [1.54, 1.807) is 16.7 Å². The lowest BCUT2D eigenvalue weighted by molar-refractivity contribution is -0.126. The van der Waals surface area contributed by atoms with Crippen LogP contribution in [0.25, 0.3) is 10.9 Å². The zero-order valence-corrected chi connectivity index (χ0v) is 13.9.